The van der Waals surface area contributed by atoms with Crippen LogP contribution in [0.2, 0.25) is 0 Å². The van der Waals surface area contributed by atoms with Crippen molar-refractivity contribution in [2.45, 2.75) is 13.8 Å². The molecule has 0 aromatic rings. The van der Waals surface area contributed by atoms with E-state index in [0.29, 0.717) is 0 Å². The van der Waals surface area contributed by atoms with Crippen LogP contribution < -0.4 is 17.6 Å². The van der Waals surface area contributed by atoms with Gasteiger partial charge < -0.3 is 17.6 Å². The molecule has 0 aromatic carbocycles. The zero-order valence-corrected chi connectivity index (χ0v) is 5.33. The molecule has 0 fully saturated rings. The van der Waals surface area contributed by atoms with Crippen LogP contribution in [-0.4, -0.2) is 13.1 Å². The lowest BCUT2D eigenvalue weighted by Crippen LogP contribution is -2.09. The second-order valence-electron chi connectivity index (χ2n) is 0.957. The molecule has 0 amide bonds. The van der Waals surface area contributed by atoms with Crippen LogP contribution in [0.4, 0.5) is 0 Å². The van der Waals surface area contributed by atoms with Crippen LogP contribution in [0.3, 0.4) is 0 Å². The maximum atomic E-state index is 3.11. The van der Waals surface area contributed by atoms with Gasteiger partial charge in [0.15, 0.2) is 0 Å². The Morgan fingerprint density at radius 3 is 1.29 bits per heavy atom. The van der Waals surface area contributed by atoms with Crippen molar-refractivity contribution >= 4 is 0 Å². The Labute approximate surface area is 45.7 Å². The van der Waals surface area contributed by atoms with Gasteiger partial charge in [-0.15, -0.1) is 0 Å². The molecule has 0 unspecified atom stereocenters. The van der Waals surface area contributed by atoms with Gasteiger partial charge in [-0.3, -0.25) is 0 Å². The highest BCUT2D eigenvalue weighted by atomic mass is 14.8. The van der Waals surface area contributed by atoms with Gasteiger partial charge in [0.05, 0.1) is 0 Å². The summed E-state index contributed by atoms with van der Waals surface area (Å²) in [6, 6.07) is 0. The van der Waals surface area contributed by atoms with Crippen LogP contribution in [0.15, 0.2) is 0 Å². The van der Waals surface area contributed by atoms with E-state index >= 15 is 0 Å². The third-order valence-corrected chi connectivity index (χ3v) is 0.500. The van der Waals surface area contributed by atoms with Gasteiger partial charge in [0, 0.05) is 0 Å². The first-order valence-electron chi connectivity index (χ1n) is 2.12. The molecule has 7 heavy (non-hydrogen) atoms. The zero-order valence-electron chi connectivity index (χ0n) is 5.33. The van der Waals surface area contributed by atoms with Crippen molar-refractivity contribution in [1.82, 2.24) is 17.6 Å². The minimum Gasteiger partial charge on any atom is -0.344 e. The lowest BCUT2D eigenvalue weighted by molar-refractivity contribution is 0.762. The summed E-state index contributed by atoms with van der Waals surface area (Å²) in [5.74, 6) is 0. The molecule has 7 N–H and O–H groups in total. The fourth-order valence-electron chi connectivity index (χ4n) is 0.250. The van der Waals surface area contributed by atoms with Crippen LogP contribution in [0.5, 0.6) is 0 Å². The van der Waals surface area contributed by atoms with E-state index < -0.39 is 0 Å². The first-order chi connectivity index (χ1) is 2.41. The molecule has 48 valence electrons. The summed E-state index contributed by atoms with van der Waals surface area (Å²) < 4.78 is 0. The standard InChI is InChI=1S/C4H11N.2H3N/c1-3-5-4-2;;/h5H,3-4H2,1-2H3;2*1H3. The Hall–Kier alpha value is -0.120. The quantitative estimate of drug-likeness (QED) is 0.491. The highest BCUT2D eigenvalue weighted by Crippen LogP contribution is 1.47. The molecule has 0 aliphatic carbocycles. The molecule has 0 aliphatic rings. The minimum absolute atomic E-state index is 0. The summed E-state index contributed by atoms with van der Waals surface area (Å²) in [7, 11) is 0. The van der Waals surface area contributed by atoms with Gasteiger partial charge in [-0.25, -0.2) is 0 Å². The molecule has 0 rings (SSSR count). The summed E-state index contributed by atoms with van der Waals surface area (Å²) >= 11 is 0. The third-order valence-electron chi connectivity index (χ3n) is 0.500. The zero-order chi connectivity index (χ0) is 4.12. The van der Waals surface area contributed by atoms with E-state index in [1.165, 1.54) is 0 Å². The smallest absolute Gasteiger partial charge is 0.00775 e. The maximum Gasteiger partial charge on any atom is -0.00775 e. The third kappa shape index (κ3) is 25.0. The molecule has 0 saturated heterocycles. The van der Waals surface area contributed by atoms with Crippen molar-refractivity contribution < 1.29 is 0 Å². The molecule has 3 nitrogen and oxygen atoms in total. The molecule has 0 saturated carbocycles. The summed E-state index contributed by atoms with van der Waals surface area (Å²) in [4.78, 5) is 0. The van der Waals surface area contributed by atoms with Crippen molar-refractivity contribution in [2.75, 3.05) is 13.1 Å². The van der Waals surface area contributed by atoms with Crippen molar-refractivity contribution in [3.63, 3.8) is 0 Å². The molecular weight excluding hydrogens is 90.1 g/mol. The van der Waals surface area contributed by atoms with E-state index in [-0.39, 0.29) is 12.3 Å². The molecule has 0 atom stereocenters. The van der Waals surface area contributed by atoms with E-state index in [4.69, 9.17) is 0 Å². The van der Waals surface area contributed by atoms with Crippen LogP contribution in [-0.2, 0) is 0 Å². The monoisotopic (exact) mass is 107 g/mol. The fourth-order valence-corrected chi connectivity index (χ4v) is 0.250. The van der Waals surface area contributed by atoms with Crippen LogP contribution in [0.25, 0.3) is 0 Å². The topological polar surface area (TPSA) is 82.0 Å². The molecule has 0 aromatic heterocycles. The van der Waals surface area contributed by atoms with Crippen molar-refractivity contribution in [3.05, 3.63) is 0 Å². The number of nitrogens with one attached hydrogen (secondary N) is 1. The molecule has 0 aliphatic heterocycles. The van der Waals surface area contributed by atoms with Gasteiger partial charge in [-0.05, 0) is 13.1 Å². The first kappa shape index (κ1) is 15.8. The highest BCUT2D eigenvalue weighted by Gasteiger charge is 1.62. The van der Waals surface area contributed by atoms with Crippen molar-refractivity contribution in [1.29, 1.82) is 0 Å². The largest absolute Gasteiger partial charge is 0.344 e. The predicted molar refractivity (Wildman–Crippen MR) is 34.3 cm³/mol. The molecule has 0 heterocycles. The summed E-state index contributed by atoms with van der Waals surface area (Å²) in [6.07, 6.45) is 0. The lowest BCUT2D eigenvalue weighted by atomic mass is 10.7. The maximum absolute atomic E-state index is 3.11. The molecule has 0 bridgehead atoms. The number of hydrogen-bond donors (Lipinski definition) is 3. The number of hydrogen-bond acceptors (Lipinski definition) is 3. The molecule has 0 spiro atoms. The van der Waals surface area contributed by atoms with E-state index in [1.807, 2.05) is 0 Å². The van der Waals surface area contributed by atoms with Crippen LogP contribution in [0, 0.1) is 0 Å². The normalized spacial score (nSPS) is 6.00. The minimum atomic E-state index is 0. The Balaban J connectivity index is -0.0000000800. The van der Waals surface area contributed by atoms with Crippen LogP contribution in [0.1, 0.15) is 13.8 Å². The van der Waals surface area contributed by atoms with E-state index in [9.17, 15) is 0 Å². The van der Waals surface area contributed by atoms with Gasteiger partial charge in [0.1, 0.15) is 0 Å². The second kappa shape index (κ2) is 16.9. The lowest BCUT2D eigenvalue weighted by Gasteiger charge is -1.86. The Morgan fingerprint density at radius 1 is 1.00 bits per heavy atom. The van der Waals surface area contributed by atoms with Crippen molar-refractivity contribution in [2.24, 2.45) is 0 Å². The van der Waals surface area contributed by atoms with Gasteiger partial charge in [-0.1, -0.05) is 13.8 Å². The SMILES string of the molecule is CCNCC.N.N. The van der Waals surface area contributed by atoms with E-state index in [2.05, 4.69) is 19.2 Å². The van der Waals surface area contributed by atoms with E-state index in [0.717, 1.165) is 13.1 Å². The average Bonchev–Trinajstić information content (AvgIpc) is 1.41. The summed E-state index contributed by atoms with van der Waals surface area (Å²) in [6.45, 7) is 6.39. The Morgan fingerprint density at radius 2 is 1.29 bits per heavy atom. The predicted octanol–water partition coefficient (Wildman–Crippen LogP) is 0.940. The van der Waals surface area contributed by atoms with Gasteiger partial charge >= 0.3 is 0 Å². The summed E-state index contributed by atoms with van der Waals surface area (Å²) in [5.41, 5.74) is 0. The Bertz CT molecular complexity index is 14.4. The van der Waals surface area contributed by atoms with Gasteiger partial charge in [0.25, 0.3) is 0 Å². The molecule has 3 heteroatoms. The van der Waals surface area contributed by atoms with Gasteiger partial charge in [-0.2, -0.15) is 0 Å². The van der Waals surface area contributed by atoms with E-state index in [1.54, 1.807) is 0 Å². The average molecular weight is 107 g/mol. The molecular formula is C4H17N3. The number of rotatable bonds is 2. The fraction of sp³-hybridized carbons (Fsp3) is 1.00. The summed E-state index contributed by atoms with van der Waals surface area (Å²) in [5, 5.41) is 3.11. The first-order valence-corrected chi connectivity index (χ1v) is 2.12. The Kier molecular flexibility index (Phi) is 38.1. The second-order valence-corrected chi connectivity index (χ2v) is 0.957. The molecule has 0 radical (unpaired) electrons. The van der Waals surface area contributed by atoms with Crippen molar-refractivity contribution in [3.8, 4) is 0 Å². The van der Waals surface area contributed by atoms with Crippen LogP contribution >= 0.6 is 0 Å². The highest BCUT2D eigenvalue weighted by molar-refractivity contribution is 4.27. The van der Waals surface area contributed by atoms with Gasteiger partial charge in [0.2, 0.25) is 0 Å².